The van der Waals surface area contributed by atoms with Gasteiger partial charge in [0.05, 0.1) is 17.9 Å². The van der Waals surface area contributed by atoms with Gasteiger partial charge >= 0.3 is 0 Å². The number of hydrogen-bond donors (Lipinski definition) is 2. The fraction of sp³-hybridized carbons (Fsp3) is 0.300. The van der Waals surface area contributed by atoms with Gasteiger partial charge < -0.3 is 16.2 Å². The zero-order valence-electron chi connectivity index (χ0n) is 7.66. The predicted molar refractivity (Wildman–Crippen MR) is 52.6 cm³/mol. The Morgan fingerprint density at radius 2 is 2.29 bits per heavy atom. The Bertz CT molecular complexity index is 409. The van der Waals surface area contributed by atoms with Gasteiger partial charge in [0.2, 0.25) is 0 Å². The minimum Gasteiger partial charge on any atom is -0.491 e. The van der Waals surface area contributed by atoms with Crippen LogP contribution in [0, 0.1) is 11.3 Å². The van der Waals surface area contributed by atoms with E-state index in [1.165, 1.54) is 0 Å². The van der Waals surface area contributed by atoms with Gasteiger partial charge in [-0.1, -0.05) is 6.07 Å². The number of benzene rings is 1. The summed E-state index contributed by atoms with van der Waals surface area (Å²) in [6.45, 7) is 0.563. The quantitative estimate of drug-likeness (QED) is 0.594. The monoisotopic (exact) mass is 189 g/mol. The lowest BCUT2D eigenvalue weighted by Crippen LogP contribution is -2.21. The molecule has 1 aliphatic rings. The highest BCUT2D eigenvalue weighted by atomic mass is 16.5. The molecule has 14 heavy (non-hydrogen) atoms. The second-order valence-electron chi connectivity index (χ2n) is 3.30. The van der Waals surface area contributed by atoms with Crippen LogP contribution in [0.25, 0.3) is 0 Å². The predicted octanol–water partition coefficient (Wildman–Crippen LogP) is 0.923. The van der Waals surface area contributed by atoms with Gasteiger partial charge in [0.15, 0.2) is 0 Å². The van der Waals surface area contributed by atoms with Gasteiger partial charge in [-0.2, -0.15) is 5.26 Å². The van der Waals surface area contributed by atoms with Crippen LogP contribution < -0.4 is 16.2 Å². The summed E-state index contributed by atoms with van der Waals surface area (Å²) in [6.07, 6.45) is 0.790. The first-order chi connectivity index (χ1) is 6.74. The Morgan fingerprint density at radius 1 is 1.50 bits per heavy atom. The van der Waals surface area contributed by atoms with Crippen molar-refractivity contribution in [1.29, 1.82) is 5.26 Å². The molecule has 0 bridgehead atoms. The normalized spacial score (nSPS) is 19.3. The first kappa shape index (κ1) is 8.85. The summed E-state index contributed by atoms with van der Waals surface area (Å²) in [5.74, 6) is 0.586. The van der Waals surface area contributed by atoms with Gasteiger partial charge in [0, 0.05) is 18.0 Å². The van der Waals surface area contributed by atoms with Crippen LogP contribution in [0.4, 0.5) is 5.69 Å². The van der Waals surface area contributed by atoms with E-state index in [1.807, 2.05) is 12.1 Å². The first-order valence-electron chi connectivity index (χ1n) is 4.45. The van der Waals surface area contributed by atoms with Gasteiger partial charge in [0.25, 0.3) is 0 Å². The highest BCUT2D eigenvalue weighted by Gasteiger charge is 2.21. The SMILES string of the molecule is N#Cc1ccc2c(c1N)OCC[C@@H]2N. The minimum absolute atomic E-state index is 0.0335. The molecule has 72 valence electrons. The molecule has 1 aromatic rings. The third-order valence-corrected chi connectivity index (χ3v) is 2.42. The number of nitriles is 1. The van der Waals surface area contributed by atoms with Crippen LogP contribution in [0.2, 0.25) is 0 Å². The van der Waals surface area contributed by atoms with Crippen molar-refractivity contribution in [3.63, 3.8) is 0 Å². The molecule has 0 radical (unpaired) electrons. The summed E-state index contributed by atoms with van der Waals surface area (Å²) < 4.78 is 5.41. The fourth-order valence-corrected chi connectivity index (χ4v) is 1.61. The van der Waals surface area contributed by atoms with Crippen molar-refractivity contribution in [1.82, 2.24) is 0 Å². The maximum absolute atomic E-state index is 8.77. The number of ether oxygens (including phenoxy) is 1. The van der Waals surface area contributed by atoms with E-state index in [4.69, 9.17) is 21.5 Å². The van der Waals surface area contributed by atoms with Gasteiger partial charge in [-0.05, 0) is 6.07 Å². The molecule has 4 heteroatoms. The molecular formula is C10H11N3O. The van der Waals surface area contributed by atoms with Crippen molar-refractivity contribution in [3.05, 3.63) is 23.3 Å². The molecule has 0 aliphatic carbocycles. The highest BCUT2D eigenvalue weighted by Crippen LogP contribution is 2.36. The van der Waals surface area contributed by atoms with Crippen molar-refractivity contribution < 1.29 is 4.74 Å². The number of anilines is 1. The fourth-order valence-electron chi connectivity index (χ4n) is 1.61. The summed E-state index contributed by atoms with van der Waals surface area (Å²) in [5.41, 5.74) is 13.4. The van der Waals surface area contributed by atoms with Gasteiger partial charge in [0.1, 0.15) is 11.8 Å². The van der Waals surface area contributed by atoms with Crippen molar-refractivity contribution in [3.8, 4) is 11.8 Å². The molecule has 0 unspecified atom stereocenters. The molecule has 4 N–H and O–H groups in total. The Hall–Kier alpha value is -1.73. The van der Waals surface area contributed by atoms with Crippen LogP contribution in [-0.4, -0.2) is 6.61 Å². The number of fused-ring (bicyclic) bond motifs is 1. The van der Waals surface area contributed by atoms with E-state index in [9.17, 15) is 0 Å². The van der Waals surface area contributed by atoms with E-state index >= 15 is 0 Å². The average molecular weight is 189 g/mol. The third-order valence-electron chi connectivity index (χ3n) is 2.42. The van der Waals surface area contributed by atoms with E-state index in [0.29, 0.717) is 23.6 Å². The second kappa shape index (κ2) is 3.20. The van der Waals surface area contributed by atoms with Crippen LogP contribution >= 0.6 is 0 Å². The maximum Gasteiger partial charge on any atom is 0.148 e. The van der Waals surface area contributed by atoms with Crippen molar-refractivity contribution in [2.24, 2.45) is 5.73 Å². The summed E-state index contributed by atoms with van der Waals surface area (Å²) >= 11 is 0. The van der Waals surface area contributed by atoms with E-state index in [-0.39, 0.29) is 6.04 Å². The van der Waals surface area contributed by atoms with Crippen LogP contribution in [0.5, 0.6) is 5.75 Å². The van der Waals surface area contributed by atoms with Crippen molar-refractivity contribution in [2.45, 2.75) is 12.5 Å². The van der Waals surface area contributed by atoms with Crippen molar-refractivity contribution in [2.75, 3.05) is 12.3 Å². The van der Waals surface area contributed by atoms with Crippen LogP contribution in [-0.2, 0) is 0 Å². The lowest BCUT2D eigenvalue weighted by atomic mass is 9.98. The van der Waals surface area contributed by atoms with Crippen molar-refractivity contribution >= 4 is 5.69 Å². The molecule has 0 amide bonds. The number of nitrogens with zero attached hydrogens (tertiary/aromatic N) is 1. The molecule has 4 nitrogen and oxygen atoms in total. The Kier molecular flexibility index (Phi) is 2.02. The number of nitrogen functional groups attached to an aromatic ring is 1. The topological polar surface area (TPSA) is 85.1 Å². The molecule has 1 heterocycles. The number of hydrogen-bond acceptors (Lipinski definition) is 4. The molecule has 1 atom stereocenters. The standard InChI is InChI=1S/C10H11N3O/c11-5-6-1-2-7-8(12)3-4-14-10(7)9(6)13/h1-2,8H,3-4,12-13H2/t8-/m0/s1. The summed E-state index contributed by atoms with van der Waals surface area (Å²) in [6, 6.07) is 5.48. The molecule has 0 saturated heterocycles. The van der Waals surface area contributed by atoms with Gasteiger partial charge in [-0.25, -0.2) is 0 Å². The minimum atomic E-state index is -0.0335. The number of nitrogens with two attached hydrogens (primary N) is 2. The average Bonchev–Trinajstić information content (AvgIpc) is 2.20. The Morgan fingerprint density at radius 3 is 3.00 bits per heavy atom. The Labute approximate surface area is 82.1 Å². The molecule has 1 aliphatic heterocycles. The Balaban J connectivity index is 2.59. The largest absolute Gasteiger partial charge is 0.491 e. The summed E-state index contributed by atoms with van der Waals surface area (Å²) in [5, 5.41) is 8.77. The van der Waals surface area contributed by atoms with Gasteiger partial charge in [-0.3, -0.25) is 0 Å². The zero-order valence-corrected chi connectivity index (χ0v) is 7.66. The van der Waals surface area contributed by atoms with E-state index in [0.717, 1.165) is 12.0 Å². The van der Waals surface area contributed by atoms with Crippen LogP contribution in [0.1, 0.15) is 23.6 Å². The first-order valence-corrected chi connectivity index (χ1v) is 4.45. The molecule has 0 fully saturated rings. The van der Waals surface area contributed by atoms with Gasteiger partial charge in [-0.15, -0.1) is 0 Å². The van der Waals surface area contributed by atoms with E-state index in [1.54, 1.807) is 6.07 Å². The third kappa shape index (κ3) is 1.19. The lowest BCUT2D eigenvalue weighted by molar-refractivity contribution is 0.270. The molecular weight excluding hydrogens is 178 g/mol. The second-order valence-corrected chi connectivity index (χ2v) is 3.30. The lowest BCUT2D eigenvalue weighted by Gasteiger charge is -2.24. The van der Waals surface area contributed by atoms with E-state index < -0.39 is 0 Å². The summed E-state index contributed by atoms with van der Waals surface area (Å²) in [4.78, 5) is 0. The molecule has 2 rings (SSSR count). The zero-order chi connectivity index (χ0) is 10.1. The highest BCUT2D eigenvalue weighted by molar-refractivity contribution is 5.67. The summed E-state index contributed by atoms with van der Waals surface area (Å²) in [7, 11) is 0. The maximum atomic E-state index is 8.77. The molecule has 0 spiro atoms. The van der Waals surface area contributed by atoms with E-state index in [2.05, 4.69) is 0 Å². The molecule has 0 aromatic heterocycles. The molecule has 0 saturated carbocycles. The van der Waals surface area contributed by atoms with Crippen LogP contribution in [0.3, 0.4) is 0 Å². The molecule has 1 aromatic carbocycles. The number of rotatable bonds is 0. The van der Waals surface area contributed by atoms with Crippen LogP contribution in [0.15, 0.2) is 12.1 Å². The smallest absolute Gasteiger partial charge is 0.148 e.